The van der Waals surface area contributed by atoms with Crippen molar-refractivity contribution in [3.8, 4) is 11.1 Å². The molecule has 0 N–H and O–H groups in total. The number of hydrogen-bond donors (Lipinski definition) is 0. The van der Waals surface area contributed by atoms with E-state index in [9.17, 15) is 0 Å². The molecule has 0 atom stereocenters. The first-order valence-electron chi connectivity index (χ1n) is 17.7. The van der Waals surface area contributed by atoms with Crippen LogP contribution in [0.15, 0.2) is 170 Å². The van der Waals surface area contributed by atoms with Gasteiger partial charge in [-0.2, -0.15) is 0 Å². The highest BCUT2D eigenvalue weighted by Crippen LogP contribution is 2.50. The molecule has 0 saturated carbocycles. The number of aryl methyl sites for hydroxylation is 4. The van der Waals surface area contributed by atoms with E-state index in [1.165, 1.54) is 0 Å². The van der Waals surface area contributed by atoms with Crippen molar-refractivity contribution in [3.05, 3.63) is 192 Å². The third kappa shape index (κ3) is 5.78. The lowest BCUT2D eigenvalue weighted by molar-refractivity contribution is 0.591. The molecule has 0 aliphatic carbocycles. The van der Waals surface area contributed by atoms with Crippen LogP contribution < -0.4 is 31.8 Å². The van der Waals surface area contributed by atoms with E-state index in [1.807, 2.05) is 115 Å². The van der Waals surface area contributed by atoms with Crippen LogP contribution in [-0.4, -0.2) is 0 Å². The van der Waals surface area contributed by atoms with Crippen LogP contribution in [0, 0.1) is 27.7 Å². The second-order valence-electron chi connectivity index (χ2n) is 14.0. The molecule has 0 aliphatic heterocycles. The molecule has 0 aliphatic rings. The topological polar surface area (TPSA) is 34.1 Å². The Hall–Kier alpha value is -5.26. The van der Waals surface area contributed by atoms with Gasteiger partial charge in [-0.15, -0.1) is 0 Å². The molecule has 0 radical (unpaired) electrons. The Bertz CT molecular complexity index is 2590. The SMILES string of the molecule is Cc1ccc(P(=O)(c2ccc(C)cc2)c2cc(-c3c(P(=O)(c4ccc(C)cc4)c4ccc(C)cc4)ccc4ccccc34)c3ccccc3c2)cc1. The highest BCUT2D eigenvalue weighted by molar-refractivity contribution is 7.86. The molecule has 8 aromatic rings. The summed E-state index contributed by atoms with van der Waals surface area (Å²) in [4.78, 5) is 0. The summed E-state index contributed by atoms with van der Waals surface area (Å²) >= 11 is 0. The van der Waals surface area contributed by atoms with Gasteiger partial charge in [-0.25, -0.2) is 0 Å². The normalized spacial score (nSPS) is 12.0. The zero-order chi connectivity index (χ0) is 36.0. The summed E-state index contributed by atoms with van der Waals surface area (Å²) in [5.41, 5.74) is 6.27. The summed E-state index contributed by atoms with van der Waals surface area (Å²) in [5, 5.41) is 8.69. The van der Waals surface area contributed by atoms with E-state index in [4.69, 9.17) is 0 Å². The number of rotatable bonds is 7. The highest BCUT2D eigenvalue weighted by Gasteiger charge is 2.35. The van der Waals surface area contributed by atoms with Crippen LogP contribution in [-0.2, 0) is 9.13 Å². The van der Waals surface area contributed by atoms with Crippen molar-refractivity contribution in [2.75, 3.05) is 0 Å². The molecule has 254 valence electrons. The molecule has 4 heteroatoms. The largest absolute Gasteiger partial charge is 0.309 e. The van der Waals surface area contributed by atoms with Gasteiger partial charge in [0.05, 0.1) is 0 Å². The molecule has 0 unspecified atom stereocenters. The van der Waals surface area contributed by atoms with Crippen molar-refractivity contribution in [1.82, 2.24) is 0 Å². The van der Waals surface area contributed by atoms with Gasteiger partial charge < -0.3 is 9.13 Å². The van der Waals surface area contributed by atoms with E-state index in [0.717, 1.165) is 86.8 Å². The van der Waals surface area contributed by atoms with Crippen molar-refractivity contribution in [1.29, 1.82) is 0 Å². The lowest BCUT2D eigenvalue weighted by Crippen LogP contribution is -2.27. The van der Waals surface area contributed by atoms with Crippen LogP contribution in [0.4, 0.5) is 0 Å². The third-order valence-electron chi connectivity index (χ3n) is 10.3. The first kappa shape index (κ1) is 33.9. The average molecular weight is 711 g/mol. The van der Waals surface area contributed by atoms with E-state index in [0.29, 0.717) is 0 Å². The fraction of sp³-hybridized carbons (Fsp3) is 0.0833. The Kier molecular flexibility index (Phi) is 8.71. The van der Waals surface area contributed by atoms with Crippen LogP contribution >= 0.6 is 14.3 Å². The molecule has 0 heterocycles. The molecule has 8 aromatic carbocycles. The highest BCUT2D eigenvalue weighted by atomic mass is 31.2. The van der Waals surface area contributed by atoms with E-state index in [-0.39, 0.29) is 0 Å². The summed E-state index contributed by atoms with van der Waals surface area (Å²) < 4.78 is 32.4. The molecule has 0 aromatic heterocycles. The van der Waals surface area contributed by atoms with Crippen molar-refractivity contribution in [3.63, 3.8) is 0 Å². The average Bonchev–Trinajstić information content (AvgIpc) is 3.17. The van der Waals surface area contributed by atoms with Crippen LogP contribution in [0.1, 0.15) is 22.3 Å². The Morgan fingerprint density at radius 3 is 1.23 bits per heavy atom. The minimum atomic E-state index is -3.45. The summed E-state index contributed by atoms with van der Waals surface area (Å²) in [5.74, 6) is 0. The van der Waals surface area contributed by atoms with Gasteiger partial charge in [-0.05, 0) is 73.0 Å². The second kappa shape index (κ2) is 13.4. The summed E-state index contributed by atoms with van der Waals surface area (Å²) in [6, 6.07) is 57.5. The van der Waals surface area contributed by atoms with Gasteiger partial charge in [0.1, 0.15) is 0 Å². The zero-order valence-corrected chi connectivity index (χ0v) is 31.7. The molecule has 52 heavy (non-hydrogen) atoms. The molecule has 8 rings (SSSR count). The first-order chi connectivity index (χ1) is 25.2. The molecule has 0 bridgehead atoms. The van der Waals surface area contributed by atoms with E-state index in [1.54, 1.807) is 0 Å². The number of hydrogen-bond acceptors (Lipinski definition) is 2. The van der Waals surface area contributed by atoms with Gasteiger partial charge in [0.25, 0.3) is 0 Å². The van der Waals surface area contributed by atoms with Crippen LogP contribution in [0.5, 0.6) is 0 Å². The molecule has 0 saturated heterocycles. The minimum Gasteiger partial charge on any atom is -0.309 e. The molecular formula is C48H40O2P2. The fourth-order valence-corrected chi connectivity index (χ4v) is 12.9. The lowest BCUT2D eigenvalue weighted by Gasteiger charge is -2.26. The maximum absolute atomic E-state index is 16.3. The Labute approximate surface area is 306 Å². The first-order valence-corrected chi connectivity index (χ1v) is 21.1. The predicted octanol–water partition coefficient (Wildman–Crippen LogP) is 10.2. The number of fused-ring (bicyclic) bond motifs is 2. The van der Waals surface area contributed by atoms with Gasteiger partial charge in [0, 0.05) is 37.4 Å². The van der Waals surface area contributed by atoms with Crippen LogP contribution in [0.2, 0.25) is 0 Å². The van der Waals surface area contributed by atoms with Gasteiger partial charge >= 0.3 is 0 Å². The Morgan fingerprint density at radius 1 is 0.346 bits per heavy atom. The van der Waals surface area contributed by atoms with Gasteiger partial charge in [0.15, 0.2) is 14.3 Å². The third-order valence-corrected chi connectivity index (χ3v) is 16.5. The van der Waals surface area contributed by atoms with E-state index < -0.39 is 14.3 Å². The molecule has 0 fully saturated rings. The van der Waals surface area contributed by atoms with E-state index >= 15 is 9.13 Å². The minimum absolute atomic E-state index is 0.744. The maximum Gasteiger partial charge on any atom is 0.171 e. The summed E-state index contributed by atoms with van der Waals surface area (Å²) in [6.07, 6.45) is 0. The van der Waals surface area contributed by atoms with Crippen molar-refractivity contribution < 1.29 is 9.13 Å². The zero-order valence-electron chi connectivity index (χ0n) is 29.9. The molecule has 0 amide bonds. The predicted molar refractivity (Wildman–Crippen MR) is 225 cm³/mol. The van der Waals surface area contributed by atoms with Crippen molar-refractivity contribution in [2.45, 2.75) is 27.7 Å². The van der Waals surface area contributed by atoms with Crippen LogP contribution in [0.25, 0.3) is 32.7 Å². The van der Waals surface area contributed by atoms with Crippen molar-refractivity contribution >= 4 is 67.7 Å². The van der Waals surface area contributed by atoms with Crippen LogP contribution in [0.3, 0.4) is 0 Å². The van der Waals surface area contributed by atoms with Gasteiger partial charge in [-0.1, -0.05) is 174 Å². The number of benzene rings is 8. The summed E-state index contributed by atoms with van der Waals surface area (Å²) in [7, 11) is -6.83. The van der Waals surface area contributed by atoms with Gasteiger partial charge in [-0.3, -0.25) is 0 Å². The maximum atomic E-state index is 16.3. The molecule has 0 spiro atoms. The lowest BCUT2D eigenvalue weighted by atomic mass is 9.94. The molecule has 2 nitrogen and oxygen atoms in total. The van der Waals surface area contributed by atoms with Crippen molar-refractivity contribution in [2.24, 2.45) is 0 Å². The Morgan fingerprint density at radius 2 is 0.750 bits per heavy atom. The quantitative estimate of drug-likeness (QED) is 0.154. The summed E-state index contributed by atoms with van der Waals surface area (Å²) in [6.45, 7) is 8.22. The standard InChI is InChI=1S/C48H40O2P2/c1-33-13-22-39(23-14-33)51(49,40-24-15-34(2)16-25-40)43-31-38-10-6-7-11-44(38)46(32-43)48-45-12-8-5-9-37(45)21-30-47(48)52(50,41-26-17-35(3)18-27-41)42-28-19-36(4)20-29-42/h5-32H,1-4H3. The second-order valence-corrected chi connectivity index (χ2v) is 19.5. The smallest absolute Gasteiger partial charge is 0.171 e. The van der Waals surface area contributed by atoms with Gasteiger partial charge in [0.2, 0.25) is 0 Å². The van der Waals surface area contributed by atoms with E-state index in [2.05, 4.69) is 82.3 Å². The monoisotopic (exact) mass is 710 g/mol. The Balaban J connectivity index is 1.51. The fourth-order valence-electron chi connectivity index (χ4n) is 7.38. The molecular weight excluding hydrogens is 670 g/mol.